The van der Waals surface area contributed by atoms with Gasteiger partial charge in [0.25, 0.3) is 5.91 Å². The summed E-state index contributed by atoms with van der Waals surface area (Å²) in [6, 6.07) is 5.54. The second kappa shape index (κ2) is 8.42. The smallest absolute Gasteiger partial charge is 0.251 e. The summed E-state index contributed by atoms with van der Waals surface area (Å²) in [5.74, 6) is 0.771. The highest BCUT2D eigenvalue weighted by Crippen LogP contribution is 2.21. The van der Waals surface area contributed by atoms with E-state index < -0.39 is 0 Å². The van der Waals surface area contributed by atoms with E-state index in [1.54, 1.807) is 13.2 Å². The van der Waals surface area contributed by atoms with Crippen LogP contribution in [0, 0.1) is 0 Å². The lowest BCUT2D eigenvalue weighted by Crippen LogP contribution is -2.25. The van der Waals surface area contributed by atoms with Gasteiger partial charge in [-0.15, -0.1) is 6.58 Å². The predicted octanol–water partition coefficient (Wildman–Crippen LogP) is 4.04. The minimum Gasteiger partial charge on any atom is -0.496 e. The fourth-order valence-corrected chi connectivity index (χ4v) is 2.81. The predicted molar refractivity (Wildman–Crippen MR) is 90.4 cm³/mol. The van der Waals surface area contributed by atoms with Crippen molar-refractivity contribution in [2.24, 2.45) is 0 Å². The fraction of sp³-hybridized carbons (Fsp3) is 0.421. The molecule has 0 saturated carbocycles. The van der Waals surface area contributed by atoms with Crippen LogP contribution >= 0.6 is 0 Å². The quantitative estimate of drug-likeness (QED) is 0.772. The van der Waals surface area contributed by atoms with E-state index in [1.165, 1.54) is 31.3 Å². The van der Waals surface area contributed by atoms with Crippen molar-refractivity contribution in [2.75, 3.05) is 13.7 Å². The first-order valence-corrected chi connectivity index (χ1v) is 7.98. The zero-order valence-corrected chi connectivity index (χ0v) is 13.4. The van der Waals surface area contributed by atoms with Gasteiger partial charge in [0.15, 0.2) is 0 Å². The standard InChI is InChI=1S/C19H25NO2/c1-3-7-16-14-17(10-11-18(16)22-2)19(21)20-13-12-15-8-5-4-6-9-15/h3,8,10-11,14H,1,4-7,9,12-13H2,2H3,(H,20,21). The van der Waals surface area contributed by atoms with E-state index in [4.69, 9.17) is 4.74 Å². The molecule has 0 fully saturated rings. The Balaban J connectivity index is 1.92. The summed E-state index contributed by atoms with van der Waals surface area (Å²) in [6.07, 6.45) is 10.7. The van der Waals surface area contributed by atoms with Gasteiger partial charge in [-0.1, -0.05) is 17.7 Å². The summed E-state index contributed by atoms with van der Waals surface area (Å²) < 4.78 is 5.31. The maximum atomic E-state index is 12.2. The lowest BCUT2D eigenvalue weighted by Gasteiger charge is -2.13. The highest BCUT2D eigenvalue weighted by molar-refractivity contribution is 5.94. The Morgan fingerprint density at radius 3 is 2.95 bits per heavy atom. The Morgan fingerprint density at radius 1 is 1.41 bits per heavy atom. The third-order valence-corrected chi connectivity index (χ3v) is 4.02. The average Bonchev–Trinajstić information content (AvgIpc) is 2.56. The maximum absolute atomic E-state index is 12.2. The van der Waals surface area contributed by atoms with Gasteiger partial charge in [0.05, 0.1) is 7.11 Å². The SMILES string of the molecule is C=CCc1cc(C(=O)NCCC2=CCCCC2)ccc1OC. The number of amides is 1. The van der Waals surface area contributed by atoms with Gasteiger partial charge in [-0.05, 0) is 62.3 Å². The molecule has 1 aliphatic carbocycles. The molecule has 0 aliphatic heterocycles. The van der Waals surface area contributed by atoms with Crippen LogP contribution in [-0.2, 0) is 6.42 Å². The summed E-state index contributed by atoms with van der Waals surface area (Å²) in [7, 11) is 1.64. The molecule has 2 rings (SSSR count). The highest BCUT2D eigenvalue weighted by atomic mass is 16.5. The molecule has 1 aromatic rings. The van der Waals surface area contributed by atoms with Crippen molar-refractivity contribution in [3.8, 4) is 5.75 Å². The van der Waals surface area contributed by atoms with E-state index in [1.807, 2.05) is 18.2 Å². The molecule has 1 amide bonds. The topological polar surface area (TPSA) is 38.3 Å². The van der Waals surface area contributed by atoms with Gasteiger partial charge < -0.3 is 10.1 Å². The van der Waals surface area contributed by atoms with Crippen LogP contribution in [0.5, 0.6) is 5.75 Å². The maximum Gasteiger partial charge on any atom is 0.251 e. The van der Waals surface area contributed by atoms with Crippen LogP contribution in [0.15, 0.2) is 42.5 Å². The zero-order valence-electron chi connectivity index (χ0n) is 13.4. The number of methoxy groups -OCH3 is 1. The number of ether oxygens (including phenoxy) is 1. The number of nitrogens with one attached hydrogen (secondary N) is 1. The van der Waals surface area contributed by atoms with Crippen molar-refractivity contribution in [3.05, 3.63) is 53.6 Å². The van der Waals surface area contributed by atoms with Gasteiger partial charge >= 0.3 is 0 Å². The van der Waals surface area contributed by atoms with E-state index in [9.17, 15) is 4.79 Å². The second-order valence-electron chi connectivity index (χ2n) is 5.63. The molecule has 3 nitrogen and oxygen atoms in total. The first kappa shape index (κ1) is 16.3. The van der Waals surface area contributed by atoms with Crippen molar-refractivity contribution in [1.82, 2.24) is 5.32 Å². The molecule has 3 heteroatoms. The van der Waals surface area contributed by atoms with Crippen molar-refractivity contribution < 1.29 is 9.53 Å². The molecular formula is C19H25NO2. The summed E-state index contributed by atoms with van der Waals surface area (Å²) in [5.41, 5.74) is 3.14. The van der Waals surface area contributed by atoms with Gasteiger partial charge in [-0.25, -0.2) is 0 Å². The van der Waals surface area contributed by atoms with Crippen molar-refractivity contribution >= 4 is 5.91 Å². The van der Waals surface area contributed by atoms with E-state index >= 15 is 0 Å². The third kappa shape index (κ3) is 4.48. The van der Waals surface area contributed by atoms with Gasteiger partial charge in [0.2, 0.25) is 0 Å². The van der Waals surface area contributed by atoms with Crippen LogP contribution in [-0.4, -0.2) is 19.6 Å². The number of carbonyl (C=O) groups is 1. The number of allylic oxidation sites excluding steroid dienone is 2. The second-order valence-corrected chi connectivity index (χ2v) is 5.63. The lowest BCUT2D eigenvalue weighted by atomic mass is 9.97. The van der Waals surface area contributed by atoms with Crippen LogP contribution < -0.4 is 10.1 Å². The van der Waals surface area contributed by atoms with Crippen LogP contribution in [0.4, 0.5) is 0 Å². The summed E-state index contributed by atoms with van der Waals surface area (Å²) in [4.78, 5) is 12.2. The van der Waals surface area contributed by atoms with Crippen LogP contribution in [0.1, 0.15) is 48.0 Å². The summed E-state index contributed by atoms with van der Waals surface area (Å²) in [5, 5.41) is 3.01. The van der Waals surface area contributed by atoms with Crippen LogP contribution in [0.3, 0.4) is 0 Å². The monoisotopic (exact) mass is 299 g/mol. The first-order valence-electron chi connectivity index (χ1n) is 7.98. The Kier molecular flexibility index (Phi) is 6.26. The fourth-order valence-electron chi connectivity index (χ4n) is 2.81. The number of carbonyl (C=O) groups excluding carboxylic acids is 1. The van der Waals surface area contributed by atoms with Crippen molar-refractivity contribution in [3.63, 3.8) is 0 Å². The first-order chi connectivity index (χ1) is 10.7. The number of hydrogen-bond acceptors (Lipinski definition) is 2. The number of benzene rings is 1. The molecule has 0 aromatic heterocycles. The molecule has 0 radical (unpaired) electrons. The molecule has 1 aliphatic rings. The van der Waals surface area contributed by atoms with Crippen LogP contribution in [0.2, 0.25) is 0 Å². The van der Waals surface area contributed by atoms with Gasteiger partial charge in [0, 0.05) is 12.1 Å². The van der Waals surface area contributed by atoms with E-state index in [2.05, 4.69) is 18.0 Å². The molecule has 1 N–H and O–H groups in total. The molecule has 0 unspecified atom stereocenters. The van der Waals surface area contributed by atoms with Gasteiger partial charge in [-0.2, -0.15) is 0 Å². The largest absolute Gasteiger partial charge is 0.496 e. The third-order valence-electron chi connectivity index (χ3n) is 4.02. The Hall–Kier alpha value is -2.03. The molecular weight excluding hydrogens is 274 g/mol. The average molecular weight is 299 g/mol. The lowest BCUT2D eigenvalue weighted by molar-refractivity contribution is 0.0954. The van der Waals surface area contributed by atoms with E-state index in [-0.39, 0.29) is 5.91 Å². The van der Waals surface area contributed by atoms with Gasteiger partial charge in [-0.3, -0.25) is 4.79 Å². The van der Waals surface area contributed by atoms with Crippen LogP contribution in [0.25, 0.3) is 0 Å². The highest BCUT2D eigenvalue weighted by Gasteiger charge is 2.10. The van der Waals surface area contributed by atoms with Crippen molar-refractivity contribution in [2.45, 2.75) is 38.5 Å². The molecule has 0 saturated heterocycles. The normalized spacial score (nSPS) is 14.1. The Morgan fingerprint density at radius 2 is 2.27 bits per heavy atom. The Labute approximate surface area is 133 Å². The minimum atomic E-state index is -0.0237. The van der Waals surface area contributed by atoms with Gasteiger partial charge in [0.1, 0.15) is 5.75 Å². The summed E-state index contributed by atoms with van der Waals surface area (Å²) >= 11 is 0. The molecule has 0 spiro atoms. The molecule has 0 atom stereocenters. The molecule has 118 valence electrons. The molecule has 0 bridgehead atoms. The van der Waals surface area contributed by atoms with E-state index in [0.29, 0.717) is 18.5 Å². The Bertz CT molecular complexity index is 561. The molecule has 1 aromatic carbocycles. The van der Waals surface area contributed by atoms with Crippen molar-refractivity contribution in [1.29, 1.82) is 0 Å². The zero-order chi connectivity index (χ0) is 15.8. The van der Waals surface area contributed by atoms with E-state index in [0.717, 1.165) is 17.7 Å². The summed E-state index contributed by atoms with van der Waals surface area (Å²) in [6.45, 7) is 4.45. The molecule has 22 heavy (non-hydrogen) atoms. The minimum absolute atomic E-state index is 0.0237. The molecule has 0 heterocycles. The number of hydrogen-bond donors (Lipinski definition) is 1. The number of rotatable bonds is 7.